The Morgan fingerprint density at radius 1 is 1.25 bits per heavy atom. The zero-order chi connectivity index (χ0) is 13.9. The van der Waals surface area contributed by atoms with Crippen molar-refractivity contribution in [2.45, 2.75) is 38.0 Å². The Morgan fingerprint density at radius 2 is 2.10 bits per heavy atom. The molecule has 1 fully saturated rings. The van der Waals surface area contributed by atoms with E-state index in [1.165, 1.54) is 18.4 Å². The molecule has 1 aliphatic carbocycles. The molecule has 1 saturated carbocycles. The smallest absolute Gasteiger partial charge is 0.217 e. The van der Waals surface area contributed by atoms with Crippen molar-refractivity contribution >= 4 is 5.91 Å². The van der Waals surface area contributed by atoms with Crippen molar-refractivity contribution in [2.24, 2.45) is 11.7 Å². The minimum atomic E-state index is -0.194. The molecule has 3 rings (SSSR count). The van der Waals surface area contributed by atoms with Gasteiger partial charge in [-0.15, -0.1) is 0 Å². The number of benzene rings is 1. The molecule has 2 N–H and O–H groups in total. The van der Waals surface area contributed by atoms with Crippen molar-refractivity contribution in [3.05, 3.63) is 23.8 Å². The van der Waals surface area contributed by atoms with Gasteiger partial charge in [0.05, 0.1) is 0 Å². The standard InChI is InChI=1S/C16H21NO3/c17-15(18)7-2-1-4-11-10-13(11)12-5-3-6-14-16(12)20-9-8-19-14/h3,5-6,11,13H,1-2,4,7-10H2,(H2,17,18). The van der Waals surface area contributed by atoms with Crippen LogP contribution in [0, 0.1) is 5.92 Å². The van der Waals surface area contributed by atoms with Gasteiger partial charge < -0.3 is 15.2 Å². The molecule has 20 heavy (non-hydrogen) atoms. The van der Waals surface area contributed by atoms with Crippen LogP contribution in [-0.4, -0.2) is 19.1 Å². The fourth-order valence-electron chi connectivity index (χ4n) is 3.04. The van der Waals surface area contributed by atoms with Gasteiger partial charge >= 0.3 is 0 Å². The first-order valence-corrected chi connectivity index (χ1v) is 7.42. The lowest BCUT2D eigenvalue weighted by Gasteiger charge is -2.21. The number of hydrogen-bond acceptors (Lipinski definition) is 3. The number of para-hydroxylation sites is 1. The molecule has 0 aromatic heterocycles. The highest BCUT2D eigenvalue weighted by molar-refractivity contribution is 5.73. The molecule has 1 aliphatic heterocycles. The van der Waals surface area contributed by atoms with E-state index in [0.29, 0.717) is 25.6 Å². The van der Waals surface area contributed by atoms with Crippen LogP contribution in [0.2, 0.25) is 0 Å². The Kier molecular flexibility index (Phi) is 3.81. The van der Waals surface area contributed by atoms with Crippen LogP contribution >= 0.6 is 0 Å². The lowest BCUT2D eigenvalue weighted by molar-refractivity contribution is -0.118. The lowest BCUT2D eigenvalue weighted by atomic mass is 10.0. The minimum Gasteiger partial charge on any atom is -0.486 e. The number of nitrogens with two attached hydrogens (primary N) is 1. The van der Waals surface area contributed by atoms with E-state index in [9.17, 15) is 4.79 Å². The van der Waals surface area contributed by atoms with Gasteiger partial charge in [0.25, 0.3) is 0 Å². The first kappa shape index (κ1) is 13.3. The number of hydrogen-bond donors (Lipinski definition) is 1. The maximum Gasteiger partial charge on any atom is 0.217 e. The molecule has 0 radical (unpaired) electrons. The fraction of sp³-hybridized carbons (Fsp3) is 0.562. The summed E-state index contributed by atoms with van der Waals surface area (Å²) in [6, 6.07) is 6.18. The third-order valence-electron chi connectivity index (χ3n) is 4.17. The second-order valence-electron chi connectivity index (χ2n) is 5.69. The van der Waals surface area contributed by atoms with E-state index < -0.39 is 0 Å². The highest BCUT2D eigenvalue weighted by atomic mass is 16.6. The van der Waals surface area contributed by atoms with Crippen molar-refractivity contribution in [3.63, 3.8) is 0 Å². The number of carbonyl (C=O) groups is 1. The summed E-state index contributed by atoms with van der Waals surface area (Å²) in [4.78, 5) is 10.7. The van der Waals surface area contributed by atoms with Crippen LogP contribution in [0.25, 0.3) is 0 Å². The van der Waals surface area contributed by atoms with Crippen molar-refractivity contribution in [1.29, 1.82) is 0 Å². The molecule has 4 nitrogen and oxygen atoms in total. The zero-order valence-corrected chi connectivity index (χ0v) is 11.6. The summed E-state index contributed by atoms with van der Waals surface area (Å²) in [5, 5.41) is 0. The van der Waals surface area contributed by atoms with Crippen LogP contribution in [0.5, 0.6) is 11.5 Å². The Hall–Kier alpha value is -1.71. The molecule has 0 spiro atoms. The van der Waals surface area contributed by atoms with Gasteiger partial charge in [-0.3, -0.25) is 4.79 Å². The van der Waals surface area contributed by atoms with Crippen LogP contribution in [0.4, 0.5) is 0 Å². The molecule has 2 aliphatic rings. The van der Waals surface area contributed by atoms with Crippen molar-refractivity contribution in [1.82, 2.24) is 0 Å². The topological polar surface area (TPSA) is 61.6 Å². The molecule has 0 saturated heterocycles. The van der Waals surface area contributed by atoms with Crippen LogP contribution in [0.3, 0.4) is 0 Å². The average Bonchev–Trinajstić information content (AvgIpc) is 3.22. The molecule has 0 bridgehead atoms. The first-order valence-electron chi connectivity index (χ1n) is 7.42. The van der Waals surface area contributed by atoms with Gasteiger partial charge in [0.2, 0.25) is 5.91 Å². The predicted octanol–water partition coefficient (Wildman–Crippen LogP) is 2.61. The molecule has 2 unspecified atom stereocenters. The third kappa shape index (κ3) is 2.89. The van der Waals surface area contributed by atoms with Gasteiger partial charge in [-0.05, 0) is 37.2 Å². The van der Waals surface area contributed by atoms with Gasteiger partial charge in [0.15, 0.2) is 11.5 Å². The Labute approximate surface area is 119 Å². The number of carbonyl (C=O) groups excluding carboxylic acids is 1. The SMILES string of the molecule is NC(=O)CCCCC1CC1c1cccc2c1OCCO2. The highest BCUT2D eigenvalue weighted by Crippen LogP contribution is 2.54. The number of rotatable bonds is 6. The van der Waals surface area contributed by atoms with Crippen LogP contribution < -0.4 is 15.2 Å². The summed E-state index contributed by atoms with van der Waals surface area (Å²) in [6.07, 6.45) is 4.88. The monoisotopic (exact) mass is 275 g/mol. The quantitative estimate of drug-likeness (QED) is 0.812. The normalized spacial score (nSPS) is 23.4. The van der Waals surface area contributed by atoms with Gasteiger partial charge in [-0.2, -0.15) is 0 Å². The van der Waals surface area contributed by atoms with Crippen molar-refractivity contribution in [2.75, 3.05) is 13.2 Å². The van der Waals surface area contributed by atoms with Crippen LogP contribution in [-0.2, 0) is 4.79 Å². The van der Waals surface area contributed by atoms with Crippen molar-refractivity contribution < 1.29 is 14.3 Å². The maximum atomic E-state index is 10.7. The molecule has 1 amide bonds. The second-order valence-corrected chi connectivity index (χ2v) is 5.69. The highest BCUT2D eigenvalue weighted by Gasteiger charge is 2.40. The number of primary amides is 1. The molecule has 1 aromatic carbocycles. The van der Waals surface area contributed by atoms with Crippen molar-refractivity contribution in [3.8, 4) is 11.5 Å². The summed E-state index contributed by atoms with van der Waals surface area (Å²) in [5.41, 5.74) is 6.44. The fourth-order valence-corrected chi connectivity index (χ4v) is 3.04. The molecule has 108 valence electrons. The number of amides is 1. The summed E-state index contributed by atoms with van der Waals surface area (Å²) >= 11 is 0. The van der Waals surface area contributed by atoms with Crippen LogP contribution in [0.1, 0.15) is 43.6 Å². The van der Waals surface area contributed by atoms with Gasteiger partial charge in [-0.1, -0.05) is 18.6 Å². The van der Waals surface area contributed by atoms with E-state index in [2.05, 4.69) is 6.07 Å². The predicted molar refractivity (Wildman–Crippen MR) is 75.9 cm³/mol. The third-order valence-corrected chi connectivity index (χ3v) is 4.17. The molecule has 2 atom stereocenters. The number of fused-ring (bicyclic) bond motifs is 1. The molecule has 4 heteroatoms. The number of ether oxygens (including phenoxy) is 2. The molecular weight excluding hydrogens is 254 g/mol. The first-order chi connectivity index (χ1) is 9.75. The zero-order valence-electron chi connectivity index (χ0n) is 11.6. The van der Waals surface area contributed by atoms with E-state index >= 15 is 0 Å². The summed E-state index contributed by atoms with van der Waals surface area (Å²) < 4.78 is 11.4. The summed E-state index contributed by atoms with van der Waals surface area (Å²) in [5.74, 6) is 2.96. The maximum absolute atomic E-state index is 10.7. The minimum absolute atomic E-state index is 0.194. The van der Waals surface area contributed by atoms with Gasteiger partial charge in [0, 0.05) is 12.0 Å². The van der Waals surface area contributed by atoms with E-state index in [-0.39, 0.29) is 5.91 Å². The molecular formula is C16H21NO3. The van der Waals surface area contributed by atoms with E-state index in [1.807, 2.05) is 12.1 Å². The van der Waals surface area contributed by atoms with Crippen LogP contribution in [0.15, 0.2) is 18.2 Å². The number of unbranched alkanes of at least 4 members (excludes halogenated alkanes) is 1. The van der Waals surface area contributed by atoms with Gasteiger partial charge in [0.1, 0.15) is 13.2 Å². The second kappa shape index (κ2) is 5.73. The summed E-state index contributed by atoms with van der Waals surface area (Å²) in [6.45, 7) is 1.28. The van der Waals surface area contributed by atoms with E-state index in [0.717, 1.165) is 30.3 Å². The average molecular weight is 275 g/mol. The van der Waals surface area contributed by atoms with E-state index in [4.69, 9.17) is 15.2 Å². The lowest BCUT2D eigenvalue weighted by Crippen LogP contribution is -2.16. The Balaban J connectivity index is 1.55. The Bertz CT molecular complexity index is 500. The largest absolute Gasteiger partial charge is 0.486 e. The summed E-state index contributed by atoms with van der Waals surface area (Å²) in [7, 11) is 0. The van der Waals surface area contributed by atoms with E-state index in [1.54, 1.807) is 0 Å². The van der Waals surface area contributed by atoms with Gasteiger partial charge in [-0.25, -0.2) is 0 Å². The molecule has 1 aromatic rings. The molecule has 1 heterocycles. The Morgan fingerprint density at radius 3 is 2.95 bits per heavy atom.